The summed E-state index contributed by atoms with van der Waals surface area (Å²) in [6.45, 7) is 3.98. The Hall–Kier alpha value is -2.04. The third-order valence-electron chi connectivity index (χ3n) is 2.94. The van der Waals surface area contributed by atoms with Crippen molar-refractivity contribution in [3.8, 4) is 0 Å². The molecule has 5 heteroatoms. The Labute approximate surface area is 99.8 Å². The number of aromatic amines is 1. The van der Waals surface area contributed by atoms with Gasteiger partial charge in [-0.25, -0.2) is 0 Å². The third kappa shape index (κ3) is 2.08. The molecule has 17 heavy (non-hydrogen) atoms. The van der Waals surface area contributed by atoms with Gasteiger partial charge in [-0.05, 0) is 25.5 Å². The van der Waals surface area contributed by atoms with E-state index in [0.717, 1.165) is 17.7 Å². The molecule has 2 aromatic rings. The Kier molecular flexibility index (Phi) is 2.99. The van der Waals surface area contributed by atoms with Crippen LogP contribution in [0.15, 0.2) is 18.3 Å². The normalized spacial score (nSPS) is 10.5. The predicted molar refractivity (Wildman–Crippen MR) is 66.1 cm³/mol. The summed E-state index contributed by atoms with van der Waals surface area (Å²) in [5, 5.41) is 9.55. The predicted octanol–water partition coefficient (Wildman–Crippen LogP) is 1.87. The zero-order valence-electron chi connectivity index (χ0n) is 10.2. The van der Waals surface area contributed by atoms with E-state index in [9.17, 15) is 4.79 Å². The van der Waals surface area contributed by atoms with Crippen molar-refractivity contribution in [1.29, 1.82) is 0 Å². The lowest BCUT2D eigenvalue weighted by Gasteiger charge is -2.06. The molecule has 0 atom stereocenters. The van der Waals surface area contributed by atoms with Crippen LogP contribution in [0.3, 0.4) is 0 Å². The Balaban J connectivity index is 2.20. The summed E-state index contributed by atoms with van der Waals surface area (Å²) in [5.41, 5.74) is 2.69. The van der Waals surface area contributed by atoms with Crippen LogP contribution in [0.1, 0.15) is 28.7 Å². The maximum atomic E-state index is 12.0. The molecule has 2 heterocycles. The van der Waals surface area contributed by atoms with Crippen LogP contribution in [0.25, 0.3) is 0 Å². The van der Waals surface area contributed by atoms with Crippen LogP contribution in [0.5, 0.6) is 0 Å². The van der Waals surface area contributed by atoms with E-state index in [-0.39, 0.29) is 5.91 Å². The zero-order valence-corrected chi connectivity index (χ0v) is 10.2. The highest BCUT2D eigenvalue weighted by atomic mass is 16.2. The number of carbonyl (C=O) groups excluding carboxylic acids is 1. The van der Waals surface area contributed by atoms with E-state index < -0.39 is 0 Å². The van der Waals surface area contributed by atoms with Gasteiger partial charge >= 0.3 is 0 Å². The van der Waals surface area contributed by atoms with E-state index >= 15 is 0 Å². The monoisotopic (exact) mass is 232 g/mol. The molecule has 0 bridgehead atoms. The number of hydrogen-bond donors (Lipinski definition) is 2. The Morgan fingerprint density at radius 2 is 2.29 bits per heavy atom. The van der Waals surface area contributed by atoms with Gasteiger partial charge < -0.3 is 9.88 Å². The molecule has 2 aromatic heterocycles. The van der Waals surface area contributed by atoms with Gasteiger partial charge in [0.2, 0.25) is 0 Å². The summed E-state index contributed by atoms with van der Waals surface area (Å²) in [5.74, 6) is 0.552. The van der Waals surface area contributed by atoms with Crippen molar-refractivity contribution < 1.29 is 4.79 Å². The van der Waals surface area contributed by atoms with Crippen LogP contribution in [-0.2, 0) is 13.5 Å². The van der Waals surface area contributed by atoms with Crippen LogP contribution in [0, 0.1) is 6.92 Å². The van der Waals surface area contributed by atoms with Crippen molar-refractivity contribution >= 4 is 11.7 Å². The highest BCUT2D eigenvalue weighted by Gasteiger charge is 2.13. The number of amides is 1. The molecule has 0 fully saturated rings. The van der Waals surface area contributed by atoms with E-state index in [1.807, 2.05) is 37.6 Å². The molecule has 0 aliphatic rings. The summed E-state index contributed by atoms with van der Waals surface area (Å²) in [6.07, 6.45) is 2.56. The topological polar surface area (TPSA) is 62.7 Å². The first-order chi connectivity index (χ1) is 8.13. The van der Waals surface area contributed by atoms with E-state index in [2.05, 4.69) is 15.5 Å². The average Bonchev–Trinajstić information content (AvgIpc) is 2.87. The Bertz CT molecular complexity index is 538. The second kappa shape index (κ2) is 4.45. The Morgan fingerprint density at radius 3 is 2.88 bits per heavy atom. The maximum Gasteiger partial charge on any atom is 0.273 e. The van der Waals surface area contributed by atoms with Crippen LogP contribution in [0.2, 0.25) is 0 Å². The van der Waals surface area contributed by atoms with Crippen LogP contribution >= 0.6 is 0 Å². The summed E-state index contributed by atoms with van der Waals surface area (Å²) in [4.78, 5) is 12.0. The molecular weight excluding hydrogens is 216 g/mol. The number of carbonyl (C=O) groups is 1. The van der Waals surface area contributed by atoms with Gasteiger partial charge in [-0.1, -0.05) is 6.92 Å². The van der Waals surface area contributed by atoms with Crippen LogP contribution in [-0.4, -0.2) is 20.7 Å². The van der Waals surface area contributed by atoms with E-state index in [1.165, 1.54) is 0 Å². The first-order valence-electron chi connectivity index (χ1n) is 5.59. The highest BCUT2D eigenvalue weighted by Crippen LogP contribution is 2.13. The second-order valence-electron chi connectivity index (χ2n) is 4.00. The van der Waals surface area contributed by atoms with E-state index in [4.69, 9.17) is 0 Å². The summed E-state index contributed by atoms with van der Waals surface area (Å²) >= 11 is 0. The fraction of sp³-hybridized carbons (Fsp3) is 0.333. The SMILES string of the molecule is CCc1cn[nH]c1NC(=O)c1ccc(C)n1C. The number of H-pyrrole nitrogens is 1. The maximum absolute atomic E-state index is 12.0. The van der Waals surface area contributed by atoms with E-state index in [0.29, 0.717) is 11.5 Å². The Morgan fingerprint density at radius 1 is 1.53 bits per heavy atom. The van der Waals surface area contributed by atoms with Gasteiger partial charge in [-0.15, -0.1) is 0 Å². The zero-order chi connectivity index (χ0) is 12.4. The minimum Gasteiger partial charge on any atom is -0.344 e. The summed E-state index contributed by atoms with van der Waals surface area (Å²) in [6, 6.07) is 3.73. The minimum absolute atomic E-state index is 0.125. The lowest BCUT2D eigenvalue weighted by molar-refractivity contribution is 0.101. The molecule has 1 amide bonds. The summed E-state index contributed by atoms with van der Waals surface area (Å²) in [7, 11) is 1.87. The molecule has 0 aliphatic carbocycles. The van der Waals surface area contributed by atoms with Gasteiger partial charge in [-0.3, -0.25) is 9.89 Å². The number of hydrogen-bond acceptors (Lipinski definition) is 2. The number of rotatable bonds is 3. The highest BCUT2D eigenvalue weighted by molar-refractivity contribution is 6.03. The van der Waals surface area contributed by atoms with Gasteiger partial charge in [-0.2, -0.15) is 5.10 Å². The quantitative estimate of drug-likeness (QED) is 0.848. The van der Waals surface area contributed by atoms with Crippen molar-refractivity contribution in [3.05, 3.63) is 35.3 Å². The number of aryl methyl sites for hydroxylation is 2. The molecule has 0 aromatic carbocycles. The molecule has 2 N–H and O–H groups in total. The lowest BCUT2D eigenvalue weighted by atomic mass is 10.2. The van der Waals surface area contributed by atoms with Crippen molar-refractivity contribution in [2.75, 3.05) is 5.32 Å². The van der Waals surface area contributed by atoms with Gasteiger partial charge in [0.15, 0.2) is 0 Å². The first-order valence-corrected chi connectivity index (χ1v) is 5.59. The molecule has 0 radical (unpaired) electrons. The molecule has 0 saturated carbocycles. The van der Waals surface area contributed by atoms with Crippen molar-refractivity contribution in [1.82, 2.24) is 14.8 Å². The van der Waals surface area contributed by atoms with Crippen molar-refractivity contribution in [3.63, 3.8) is 0 Å². The molecule has 0 aliphatic heterocycles. The van der Waals surface area contributed by atoms with Gasteiger partial charge in [0.1, 0.15) is 11.5 Å². The first kappa shape index (κ1) is 11.4. The largest absolute Gasteiger partial charge is 0.344 e. The van der Waals surface area contributed by atoms with Crippen molar-refractivity contribution in [2.45, 2.75) is 20.3 Å². The molecule has 90 valence electrons. The van der Waals surface area contributed by atoms with Crippen LogP contribution < -0.4 is 5.32 Å². The number of nitrogens with one attached hydrogen (secondary N) is 2. The fourth-order valence-electron chi connectivity index (χ4n) is 1.71. The molecule has 0 unspecified atom stereocenters. The van der Waals surface area contributed by atoms with Crippen LogP contribution in [0.4, 0.5) is 5.82 Å². The molecule has 0 spiro atoms. The number of aromatic nitrogens is 3. The van der Waals surface area contributed by atoms with Gasteiger partial charge in [0.05, 0.1) is 6.20 Å². The third-order valence-corrected chi connectivity index (χ3v) is 2.94. The minimum atomic E-state index is -0.125. The molecule has 5 nitrogen and oxygen atoms in total. The fourth-order valence-corrected chi connectivity index (χ4v) is 1.71. The standard InChI is InChI=1S/C12H16N4O/c1-4-9-7-13-15-11(9)14-12(17)10-6-5-8(2)16(10)3/h5-7H,4H2,1-3H3,(H2,13,14,15,17). The van der Waals surface area contributed by atoms with Crippen molar-refractivity contribution in [2.24, 2.45) is 7.05 Å². The van der Waals surface area contributed by atoms with Gasteiger partial charge in [0, 0.05) is 18.3 Å². The van der Waals surface area contributed by atoms with E-state index in [1.54, 1.807) is 6.20 Å². The molecule has 2 rings (SSSR count). The molecular formula is C12H16N4O. The smallest absolute Gasteiger partial charge is 0.273 e. The number of nitrogens with zero attached hydrogens (tertiary/aromatic N) is 2. The summed E-state index contributed by atoms with van der Waals surface area (Å²) < 4.78 is 1.86. The molecule has 0 saturated heterocycles. The lowest BCUT2D eigenvalue weighted by Crippen LogP contribution is -2.17. The average molecular weight is 232 g/mol. The second-order valence-corrected chi connectivity index (χ2v) is 4.00. The number of anilines is 1. The van der Waals surface area contributed by atoms with Gasteiger partial charge in [0.25, 0.3) is 5.91 Å².